The van der Waals surface area contributed by atoms with Gasteiger partial charge in [-0.2, -0.15) is 0 Å². The average Bonchev–Trinajstić information content (AvgIpc) is 2.09. The van der Waals surface area contributed by atoms with Gasteiger partial charge < -0.3 is 15.5 Å². The van der Waals surface area contributed by atoms with Crippen LogP contribution in [0, 0.1) is 0 Å². The van der Waals surface area contributed by atoms with Crippen molar-refractivity contribution in [1.82, 2.24) is 0 Å². The average molecular weight is 223 g/mol. The molecular formula is C12H17NO3. The van der Waals surface area contributed by atoms with Gasteiger partial charge in [0.25, 0.3) is 0 Å². The van der Waals surface area contributed by atoms with Crippen molar-refractivity contribution in [3.05, 3.63) is 17.7 Å². The molecule has 4 nitrogen and oxygen atoms in total. The summed E-state index contributed by atoms with van der Waals surface area (Å²) >= 11 is 0. The summed E-state index contributed by atoms with van der Waals surface area (Å²) < 4.78 is 0. The Labute approximate surface area is 94.9 Å². The number of anilines is 1. The van der Waals surface area contributed by atoms with Gasteiger partial charge in [0.15, 0.2) is 0 Å². The van der Waals surface area contributed by atoms with Gasteiger partial charge in [-0.25, -0.2) is 0 Å². The number of hydrogen-bond acceptors (Lipinski definition) is 3. The number of carbonyl (C=O) groups is 1. The fourth-order valence-electron chi connectivity index (χ4n) is 1.48. The quantitative estimate of drug-likeness (QED) is 0.640. The van der Waals surface area contributed by atoms with Crippen LogP contribution in [0.15, 0.2) is 12.1 Å². The van der Waals surface area contributed by atoms with Gasteiger partial charge in [-0.15, -0.1) is 0 Å². The Kier molecular flexibility index (Phi) is 3.12. The lowest BCUT2D eigenvalue weighted by Crippen LogP contribution is -2.13. The Balaban J connectivity index is 3.33. The third-order valence-electron chi connectivity index (χ3n) is 2.26. The van der Waals surface area contributed by atoms with Crippen LogP contribution in [0.1, 0.15) is 33.3 Å². The zero-order chi connectivity index (χ0) is 12.5. The minimum Gasteiger partial charge on any atom is -0.506 e. The first-order valence-electron chi connectivity index (χ1n) is 5.06. The van der Waals surface area contributed by atoms with Gasteiger partial charge >= 0.3 is 0 Å². The summed E-state index contributed by atoms with van der Waals surface area (Å²) in [6.45, 7) is 7.15. The minimum absolute atomic E-state index is 0.0694. The van der Waals surface area contributed by atoms with E-state index in [4.69, 9.17) is 0 Å². The van der Waals surface area contributed by atoms with Crippen molar-refractivity contribution in [1.29, 1.82) is 0 Å². The minimum atomic E-state index is -0.336. The molecule has 0 saturated carbocycles. The second-order valence-corrected chi connectivity index (χ2v) is 4.79. The summed E-state index contributed by atoms with van der Waals surface area (Å²) in [6.07, 6.45) is 0. The Hall–Kier alpha value is -1.71. The van der Waals surface area contributed by atoms with E-state index in [-0.39, 0.29) is 28.5 Å². The van der Waals surface area contributed by atoms with Gasteiger partial charge in [0.05, 0.1) is 0 Å². The highest BCUT2D eigenvalue weighted by molar-refractivity contribution is 5.92. The van der Waals surface area contributed by atoms with E-state index in [2.05, 4.69) is 5.32 Å². The number of phenols is 2. The molecule has 0 aliphatic carbocycles. The number of rotatable bonds is 1. The third kappa shape index (κ3) is 2.45. The van der Waals surface area contributed by atoms with E-state index in [1.807, 2.05) is 20.8 Å². The molecule has 0 spiro atoms. The molecule has 0 aromatic heterocycles. The Morgan fingerprint density at radius 1 is 1.25 bits per heavy atom. The normalized spacial score (nSPS) is 11.2. The molecule has 16 heavy (non-hydrogen) atoms. The number of carbonyl (C=O) groups excluding carboxylic acids is 1. The number of aromatic hydroxyl groups is 2. The number of nitrogens with one attached hydrogen (secondary N) is 1. The summed E-state index contributed by atoms with van der Waals surface area (Å²) in [6, 6.07) is 3.11. The topological polar surface area (TPSA) is 69.6 Å². The molecule has 1 aromatic carbocycles. The maximum atomic E-state index is 10.9. The number of benzene rings is 1. The molecule has 0 aliphatic heterocycles. The lowest BCUT2D eigenvalue weighted by molar-refractivity contribution is -0.114. The van der Waals surface area contributed by atoms with Crippen LogP contribution in [0.25, 0.3) is 0 Å². The van der Waals surface area contributed by atoms with Crippen LogP contribution in [0.4, 0.5) is 5.69 Å². The SMILES string of the molecule is CC(=O)Nc1c(O)ccc(C(C)(C)C)c1O. The van der Waals surface area contributed by atoms with E-state index >= 15 is 0 Å². The van der Waals surface area contributed by atoms with Gasteiger partial charge in [-0.3, -0.25) is 4.79 Å². The zero-order valence-corrected chi connectivity index (χ0v) is 9.96. The van der Waals surface area contributed by atoms with Crippen molar-refractivity contribution in [2.45, 2.75) is 33.1 Å². The molecule has 1 aromatic rings. The van der Waals surface area contributed by atoms with Crippen molar-refractivity contribution in [3.8, 4) is 11.5 Å². The highest BCUT2D eigenvalue weighted by Crippen LogP contribution is 2.41. The molecule has 0 heterocycles. The maximum absolute atomic E-state index is 10.9. The highest BCUT2D eigenvalue weighted by Gasteiger charge is 2.22. The molecule has 0 radical (unpaired) electrons. The largest absolute Gasteiger partial charge is 0.506 e. The Morgan fingerprint density at radius 3 is 2.25 bits per heavy atom. The first-order valence-corrected chi connectivity index (χ1v) is 5.06. The van der Waals surface area contributed by atoms with Crippen LogP contribution in [0.2, 0.25) is 0 Å². The molecular weight excluding hydrogens is 206 g/mol. The van der Waals surface area contributed by atoms with E-state index < -0.39 is 0 Å². The number of amides is 1. The van der Waals surface area contributed by atoms with E-state index in [0.29, 0.717) is 5.56 Å². The van der Waals surface area contributed by atoms with E-state index in [0.717, 1.165) is 0 Å². The molecule has 0 saturated heterocycles. The fraction of sp³-hybridized carbons (Fsp3) is 0.417. The van der Waals surface area contributed by atoms with Crippen molar-refractivity contribution in [2.75, 3.05) is 5.32 Å². The monoisotopic (exact) mass is 223 g/mol. The van der Waals surface area contributed by atoms with Crippen molar-refractivity contribution in [2.24, 2.45) is 0 Å². The lowest BCUT2D eigenvalue weighted by Gasteiger charge is -2.22. The molecule has 0 atom stereocenters. The van der Waals surface area contributed by atoms with Gasteiger partial charge in [0.1, 0.15) is 17.2 Å². The van der Waals surface area contributed by atoms with Crippen LogP contribution in [-0.4, -0.2) is 16.1 Å². The predicted octanol–water partition coefficient (Wildman–Crippen LogP) is 2.35. The van der Waals surface area contributed by atoms with Crippen LogP contribution >= 0.6 is 0 Å². The predicted molar refractivity (Wildman–Crippen MR) is 62.8 cm³/mol. The van der Waals surface area contributed by atoms with Gasteiger partial charge in [0, 0.05) is 12.5 Å². The molecule has 0 fully saturated rings. The highest BCUT2D eigenvalue weighted by atomic mass is 16.3. The van der Waals surface area contributed by atoms with Crippen LogP contribution in [-0.2, 0) is 10.2 Å². The maximum Gasteiger partial charge on any atom is 0.221 e. The van der Waals surface area contributed by atoms with E-state index in [1.54, 1.807) is 6.07 Å². The van der Waals surface area contributed by atoms with E-state index in [9.17, 15) is 15.0 Å². The molecule has 0 bridgehead atoms. The molecule has 0 aliphatic rings. The van der Waals surface area contributed by atoms with Crippen molar-refractivity contribution in [3.63, 3.8) is 0 Å². The van der Waals surface area contributed by atoms with Crippen LogP contribution in [0.3, 0.4) is 0 Å². The zero-order valence-electron chi connectivity index (χ0n) is 9.96. The van der Waals surface area contributed by atoms with E-state index in [1.165, 1.54) is 13.0 Å². The fourth-order valence-corrected chi connectivity index (χ4v) is 1.48. The number of hydrogen-bond donors (Lipinski definition) is 3. The first-order chi connectivity index (χ1) is 7.23. The van der Waals surface area contributed by atoms with Crippen LogP contribution < -0.4 is 5.32 Å². The first kappa shape index (κ1) is 12.4. The summed E-state index contributed by atoms with van der Waals surface area (Å²) in [5.41, 5.74) is 0.485. The summed E-state index contributed by atoms with van der Waals surface area (Å²) in [7, 11) is 0. The molecule has 0 unspecified atom stereocenters. The van der Waals surface area contributed by atoms with Crippen molar-refractivity contribution < 1.29 is 15.0 Å². The summed E-state index contributed by atoms with van der Waals surface area (Å²) in [5, 5.41) is 22.0. The smallest absolute Gasteiger partial charge is 0.221 e. The van der Waals surface area contributed by atoms with Gasteiger partial charge in [-0.1, -0.05) is 26.8 Å². The third-order valence-corrected chi connectivity index (χ3v) is 2.26. The molecule has 1 rings (SSSR count). The lowest BCUT2D eigenvalue weighted by atomic mass is 9.86. The van der Waals surface area contributed by atoms with Gasteiger partial charge in [0.2, 0.25) is 5.91 Å². The second-order valence-electron chi connectivity index (χ2n) is 4.79. The second kappa shape index (κ2) is 4.04. The summed E-state index contributed by atoms with van der Waals surface area (Å²) in [5.74, 6) is -0.556. The molecule has 3 N–H and O–H groups in total. The van der Waals surface area contributed by atoms with Crippen molar-refractivity contribution >= 4 is 11.6 Å². The van der Waals surface area contributed by atoms with Gasteiger partial charge in [-0.05, 0) is 11.5 Å². The standard InChI is InChI=1S/C12H17NO3/c1-7(14)13-10-9(15)6-5-8(11(10)16)12(2,3)4/h5-6,15-16H,1-4H3,(H,13,14). The van der Waals surface area contributed by atoms with Crippen LogP contribution in [0.5, 0.6) is 11.5 Å². The molecule has 1 amide bonds. The molecule has 88 valence electrons. The molecule has 4 heteroatoms. The summed E-state index contributed by atoms with van der Waals surface area (Å²) in [4.78, 5) is 10.9. The Bertz CT molecular complexity index is 419. The number of phenolic OH excluding ortho intramolecular Hbond substituents is 2. The Morgan fingerprint density at radius 2 is 1.81 bits per heavy atom.